The van der Waals surface area contributed by atoms with E-state index in [0.717, 1.165) is 70.9 Å². The van der Waals surface area contributed by atoms with Crippen LogP contribution >= 0.6 is 0 Å². The highest BCUT2D eigenvalue weighted by molar-refractivity contribution is 5.88. The van der Waals surface area contributed by atoms with Gasteiger partial charge >= 0.3 is 0 Å². The zero-order valence-electron chi connectivity index (χ0n) is 19.5. The third-order valence-corrected chi connectivity index (χ3v) is 7.41. The maximum Gasteiger partial charge on any atom is 0.245 e. The zero-order valence-corrected chi connectivity index (χ0v) is 19.5. The third kappa shape index (κ3) is 7.31. The first-order valence-corrected chi connectivity index (χ1v) is 12.6. The van der Waals surface area contributed by atoms with Crippen molar-refractivity contribution in [1.29, 1.82) is 0 Å². The Hall–Kier alpha value is -1.92. The van der Waals surface area contributed by atoms with Gasteiger partial charge in [-0.05, 0) is 94.7 Å². The summed E-state index contributed by atoms with van der Waals surface area (Å²) in [5.74, 6) is 1.30. The highest BCUT2D eigenvalue weighted by Crippen LogP contribution is 2.28. The van der Waals surface area contributed by atoms with E-state index >= 15 is 0 Å². The largest absolute Gasteiger partial charge is 0.344 e. The minimum absolute atomic E-state index is 0.0132. The van der Waals surface area contributed by atoms with E-state index in [0.29, 0.717) is 31.3 Å². The van der Waals surface area contributed by atoms with Crippen LogP contribution in [-0.2, 0) is 16.0 Å². The van der Waals surface area contributed by atoms with Gasteiger partial charge in [-0.3, -0.25) is 9.59 Å². The van der Waals surface area contributed by atoms with E-state index in [1.165, 1.54) is 5.56 Å². The number of nitrogens with one attached hydrogen (secondary N) is 1. The smallest absolute Gasteiger partial charge is 0.245 e. The summed E-state index contributed by atoms with van der Waals surface area (Å²) in [6, 6.07) is 10.2. The number of nitrogens with zero attached hydrogens (tertiary/aromatic N) is 1. The molecule has 2 aliphatic rings. The number of benzene rings is 1. The van der Waals surface area contributed by atoms with Crippen molar-refractivity contribution >= 4 is 11.8 Å². The van der Waals surface area contributed by atoms with Gasteiger partial charge in [0.15, 0.2) is 0 Å². The summed E-state index contributed by atoms with van der Waals surface area (Å²) in [6.45, 7) is 2.88. The molecule has 1 heterocycles. The van der Waals surface area contributed by atoms with Crippen LogP contribution < -0.4 is 16.8 Å². The van der Waals surface area contributed by atoms with E-state index in [2.05, 4.69) is 29.6 Å². The molecule has 0 spiro atoms. The molecule has 0 aromatic heterocycles. The highest BCUT2D eigenvalue weighted by Gasteiger charge is 2.32. The standard InChI is InChI=1S/C26H42N4O2/c27-15-5-4-8-24(29-25(31)23-11-9-22(19-28)10-12-23)26(32)30-16-13-21(14-17-30)18-20-6-2-1-3-7-20/h1-3,6-7,21-24H,4-5,8-19,27-28H2,(H,29,31)/t22?,23?,24-/m0/s1. The number of carbonyl (C=O) groups is 2. The fourth-order valence-electron chi connectivity index (χ4n) is 5.23. The van der Waals surface area contributed by atoms with Crippen molar-refractivity contribution in [3.8, 4) is 0 Å². The van der Waals surface area contributed by atoms with Crippen LogP contribution in [0, 0.1) is 17.8 Å². The topological polar surface area (TPSA) is 101 Å². The number of hydrogen-bond donors (Lipinski definition) is 3. The molecule has 32 heavy (non-hydrogen) atoms. The van der Waals surface area contributed by atoms with Crippen LogP contribution in [0.2, 0.25) is 0 Å². The number of piperidine rings is 1. The maximum absolute atomic E-state index is 13.3. The van der Waals surface area contributed by atoms with E-state index < -0.39 is 6.04 Å². The molecule has 5 N–H and O–H groups in total. The molecule has 178 valence electrons. The van der Waals surface area contributed by atoms with Gasteiger partial charge in [0.1, 0.15) is 6.04 Å². The number of likely N-dealkylation sites (tertiary alicyclic amines) is 1. The van der Waals surface area contributed by atoms with Crippen LogP contribution in [0.4, 0.5) is 0 Å². The van der Waals surface area contributed by atoms with Gasteiger partial charge in [-0.25, -0.2) is 0 Å². The van der Waals surface area contributed by atoms with Crippen molar-refractivity contribution in [2.75, 3.05) is 26.2 Å². The molecular weight excluding hydrogens is 400 g/mol. The fraction of sp³-hybridized carbons (Fsp3) is 0.692. The first-order valence-electron chi connectivity index (χ1n) is 12.6. The molecule has 6 heteroatoms. The van der Waals surface area contributed by atoms with E-state index in [1.54, 1.807) is 0 Å². The Kier molecular flexibility index (Phi) is 10.0. The quantitative estimate of drug-likeness (QED) is 0.485. The lowest BCUT2D eigenvalue weighted by Gasteiger charge is -2.35. The molecule has 0 bridgehead atoms. The van der Waals surface area contributed by atoms with Gasteiger partial charge < -0.3 is 21.7 Å². The van der Waals surface area contributed by atoms with Gasteiger partial charge in [-0.15, -0.1) is 0 Å². The van der Waals surface area contributed by atoms with Gasteiger partial charge in [0.05, 0.1) is 0 Å². The minimum atomic E-state index is -0.424. The first-order chi connectivity index (χ1) is 15.6. The van der Waals surface area contributed by atoms with Crippen molar-refractivity contribution in [1.82, 2.24) is 10.2 Å². The lowest BCUT2D eigenvalue weighted by atomic mass is 9.81. The molecule has 1 aromatic rings. The fourth-order valence-corrected chi connectivity index (χ4v) is 5.23. The molecule has 0 unspecified atom stereocenters. The van der Waals surface area contributed by atoms with Crippen LogP contribution in [0.5, 0.6) is 0 Å². The predicted molar refractivity (Wildman–Crippen MR) is 129 cm³/mol. The third-order valence-electron chi connectivity index (χ3n) is 7.41. The van der Waals surface area contributed by atoms with Gasteiger partial charge in [0.2, 0.25) is 11.8 Å². The van der Waals surface area contributed by atoms with Crippen LogP contribution in [0.3, 0.4) is 0 Å². The van der Waals surface area contributed by atoms with Crippen LogP contribution in [0.1, 0.15) is 63.4 Å². The average molecular weight is 443 g/mol. The summed E-state index contributed by atoms with van der Waals surface area (Å²) in [4.78, 5) is 28.3. The van der Waals surface area contributed by atoms with Crippen LogP contribution in [0.25, 0.3) is 0 Å². The van der Waals surface area contributed by atoms with Gasteiger partial charge in [-0.1, -0.05) is 30.3 Å². The molecule has 6 nitrogen and oxygen atoms in total. The van der Waals surface area contributed by atoms with Crippen molar-refractivity contribution in [2.45, 2.75) is 70.3 Å². The molecular formula is C26H42N4O2. The number of amides is 2. The Morgan fingerprint density at radius 2 is 1.62 bits per heavy atom. The summed E-state index contributed by atoms with van der Waals surface area (Å²) < 4.78 is 0. The average Bonchev–Trinajstić information content (AvgIpc) is 2.84. The summed E-state index contributed by atoms with van der Waals surface area (Å²) >= 11 is 0. The monoisotopic (exact) mass is 442 g/mol. The summed E-state index contributed by atoms with van der Waals surface area (Å²) in [6.07, 6.45) is 9.29. The molecule has 1 aliphatic heterocycles. The molecule has 2 fully saturated rings. The van der Waals surface area contributed by atoms with Crippen molar-refractivity contribution in [3.63, 3.8) is 0 Å². The molecule has 1 saturated carbocycles. The molecule has 1 aromatic carbocycles. The molecule has 3 rings (SSSR count). The molecule has 1 saturated heterocycles. The Labute approximate surface area is 193 Å². The second kappa shape index (κ2) is 12.9. The van der Waals surface area contributed by atoms with Gasteiger partial charge in [0.25, 0.3) is 0 Å². The van der Waals surface area contributed by atoms with Crippen LogP contribution in [0.15, 0.2) is 30.3 Å². The number of rotatable bonds is 10. The Balaban J connectivity index is 1.51. The lowest BCUT2D eigenvalue weighted by Crippen LogP contribution is -2.52. The number of carbonyl (C=O) groups excluding carboxylic acids is 2. The van der Waals surface area contributed by atoms with Crippen molar-refractivity contribution < 1.29 is 9.59 Å². The van der Waals surface area contributed by atoms with Crippen molar-refractivity contribution in [2.24, 2.45) is 29.2 Å². The summed E-state index contributed by atoms with van der Waals surface area (Å²) in [5.41, 5.74) is 12.8. The normalized spacial score (nSPS) is 23.0. The maximum atomic E-state index is 13.3. The Bertz CT molecular complexity index is 695. The van der Waals surface area contributed by atoms with Gasteiger partial charge in [0, 0.05) is 19.0 Å². The number of unbranched alkanes of at least 4 members (excludes halogenated alkanes) is 1. The second-order valence-corrected chi connectivity index (χ2v) is 9.76. The van der Waals surface area contributed by atoms with E-state index in [4.69, 9.17) is 11.5 Å². The molecule has 0 radical (unpaired) electrons. The lowest BCUT2D eigenvalue weighted by molar-refractivity contribution is -0.139. The highest BCUT2D eigenvalue weighted by atomic mass is 16.2. The SMILES string of the molecule is NCCCC[C@H](NC(=O)C1CCC(CN)CC1)C(=O)N1CCC(Cc2ccccc2)CC1. The molecule has 1 aliphatic carbocycles. The first kappa shape index (κ1) is 24.7. The summed E-state index contributed by atoms with van der Waals surface area (Å²) in [5, 5.41) is 3.12. The van der Waals surface area contributed by atoms with E-state index in [-0.39, 0.29) is 17.7 Å². The van der Waals surface area contributed by atoms with E-state index in [9.17, 15) is 9.59 Å². The zero-order chi connectivity index (χ0) is 22.8. The Morgan fingerprint density at radius 3 is 2.25 bits per heavy atom. The molecule has 2 amide bonds. The van der Waals surface area contributed by atoms with Gasteiger partial charge in [-0.2, -0.15) is 0 Å². The van der Waals surface area contributed by atoms with Crippen LogP contribution in [-0.4, -0.2) is 48.9 Å². The number of hydrogen-bond acceptors (Lipinski definition) is 4. The number of nitrogens with two attached hydrogens (primary N) is 2. The Morgan fingerprint density at radius 1 is 0.938 bits per heavy atom. The second-order valence-electron chi connectivity index (χ2n) is 9.76. The predicted octanol–water partition coefficient (Wildman–Crippen LogP) is 2.85. The molecule has 1 atom stereocenters. The summed E-state index contributed by atoms with van der Waals surface area (Å²) in [7, 11) is 0. The van der Waals surface area contributed by atoms with Crippen molar-refractivity contribution in [3.05, 3.63) is 35.9 Å². The minimum Gasteiger partial charge on any atom is -0.344 e. The van der Waals surface area contributed by atoms with E-state index in [1.807, 2.05) is 11.0 Å².